The summed E-state index contributed by atoms with van der Waals surface area (Å²) in [6, 6.07) is 40.1. The van der Waals surface area contributed by atoms with E-state index < -0.39 is 8.80 Å². The highest BCUT2D eigenvalue weighted by Crippen LogP contribution is 2.45. The quantitative estimate of drug-likeness (QED) is 0.473. The predicted molar refractivity (Wildman–Crippen MR) is 112 cm³/mol. The monoisotopic (exact) mass is 347 g/mol. The Kier molecular flexibility index (Phi) is 3.80. The molecule has 0 atom stereocenters. The first-order chi connectivity index (χ1) is 12.9. The summed E-state index contributed by atoms with van der Waals surface area (Å²) in [5.74, 6) is 0. The van der Waals surface area contributed by atoms with Gasteiger partial charge in [0, 0.05) is 5.54 Å². The van der Waals surface area contributed by atoms with Gasteiger partial charge in [-0.15, -0.1) is 0 Å². The van der Waals surface area contributed by atoms with Crippen LogP contribution < -0.4 is 10.4 Å². The molecule has 0 unspecified atom stereocenters. The van der Waals surface area contributed by atoms with E-state index in [0.29, 0.717) is 5.54 Å². The van der Waals surface area contributed by atoms with Gasteiger partial charge in [0.15, 0.2) is 0 Å². The Labute approximate surface area is 156 Å². The van der Waals surface area contributed by atoms with E-state index in [1.165, 1.54) is 32.6 Å². The molecule has 1 aliphatic carbocycles. The molecule has 0 nitrogen and oxygen atoms in total. The van der Waals surface area contributed by atoms with Gasteiger partial charge in [-0.2, -0.15) is 0 Å². The molecule has 0 heterocycles. The summed E-state index contributed by atoms with van der Waals surface area (Å²) in [7, 11) is -1.00. The first-order valence-electron chi connectivity index (χ1n) is 9.09. The Morgan fingerprint density at radius 3 is 1.27 bits per heavy atom. The zero-order valence-electron chi connectivity index (χ0n) is 14.5. The average molecular weight is 348 g/mol. The molecule has 0 bridgehead atoms. The molecule has 0 amide bonds. The summed E-state index contributed by atoms with van der Waals surface area (Å²) in [6.07, 6.45) is 0. The fourth-order valence-electron chi connectivity index (χ4n) is 4.20. The second-order valence-corrected chi connectivity index (χ2v) is 9.31. The maximum absolute atomic E-state index is 2.33. The second kappa shape index (κ2) is 6.43. The van der Waals surface area contributed by atoms with E-state index in [-0.39, 0.29) is 0 Å². The van der Waals surface area contributed by atoms with E-state index in [1.807, 2.05) is 0 Å². The van der Waals surface area contributed by atoms with Crippen LogP contribution in [0.4, 0.5) is 0 Å². The second-order valence-electron chi connectivity index (χ2n) is 6.75. The highest BCUT2D eigenvalue weighted by molar-refractivity contribution is 6.87. The van der Waals surface area contributed by atoms with Crippen LogP contribution in [0, 0.1) is 0 Å². The van der Waals surface area contributed by atoms with E-state index in [0.717, 1.165) is 0 Å². The maximum Gasteiger partial charge on any atom is 0.133 e. The molecule has 0 aliphatic heterocycles. The predicted octanol–water partition coefficient (Wildman–Crippen LogP) is 4.65. The Morgan fingerprint density at radius 2 is 0.808 bits per heavy atom. The van der Waals surface area contributed by atoms with Crippen molar-refractivity contribution in [3.8, 4) is 11.1 Å². The van der Waals surface area contributed by atoms with Gasteiger partial charge >= 0.3 is 0 Å². The van der Waals surface area contributed by atoms with Gasteiger partial charge in [0.25, 0.3) is 0 Å². The Morgan fingerprint density at radius 1 is 0.423 bits per heavy atom. The molecule has 0 N–H and O–H groups in total. The molecule has 1 heteroatoms. The molecule has 0 spiro atoms. The minimum Gasteiger partial charge on any atom is -0.0628 e. The van der Waals surface area contributed by atoms with Crippen LogP contribution in [-0.4, -0.2) is 8.80 Å². The summed E-state index contributed by atoms with van der Waals surface area (Å²) in [4.78, 5) is 0. The SMILES string of the molecule is c1ccc([Si](c2ccccc2)C2c3ccccc3-c3ccccc32)cc1. The molecule has 0 aromatic heterocycles. The molecule has 0 saturated carbocycles. The van der Waals surface area contributed by atoms with E-state index in [2.05, 4.69) is 109 Å². The fraction of sp³-hybridized carbons (Fsp3) is 0.0400. The zero-order valence-corrected chi connectivity index (χ0v) is 15.5. The van der Waals surface area contributed by atoms with Crippen molar-refractivity contribution >= 4 is 19.2 Å². The third-order valence-corrected chi connectivity index (χ3v) is 8.40. The standard InChI is InChI=1S/C25H19Si/c1-3-11-19(12-4-1)26(20-13-5-2-6-14-20)25-23-17-9-7-15-21(23)22-16-8-10-18-24(22)25/h1-18,25H. The number of rotatable bonds is 3. The summed E-state index contributed by atoms with van der Waals surface area (Å²) < 4.78 is 0. The lowest BCUT2D eigenvalue weighted by Gasteiger charge is -2.25. The minimum absolute atomic E-state index is 0.442. The van der Waals surface area contributed by atoms with Gasteiger partial charge in [-0.1, -0.05) is 120 Å². The van der Waals surface area contributed by atoms with Crippen molar-refractivity contribution in [2.24, 2.45) is 0 Å². The summed E-state index contributed by atoms with van der Waals surface area (Å²) in [5, 5.41) is 2.94. The Bertz CT molecular complexity index is 953. The summed E-state index contributed by atoms with van der Waals surface area (Å²) in [6.45, 7) is 0. The number of hydrogen-bond donors (Lipinski definition) is 0. The molecule has 123 valence electrons. The highest BCUT2D eigenvalue weighted by Gasteiger charge is 2.37. The smallest absolute Gasteiger partial charge is 0.0628 e. The third kappa shape index (κ3) is 2.44. The van der Waals surface area contributed by atoms with Gasteiger partial charge in [0.05, 0.1) is 0 Å². The van der Waals surface area contributed by atoms with Crippen molar-refractivity contribution in [2.75, 3.05) is 0 Å². The summed E-state index contributed by atoms with van der Waals surface area (Å²) >= 11 is 0. The van der Waals surface area contributed by atoms with Crippen LogP contribution in [0.3, 0.4) is 0 Å². The van der Waals surface area contributed by atoms with Crippen LogP contribution in [0.15, 0.2) is 109 Å². The van der Waals surface area contributed by atoms with Crippen LogP contribution >= 0.6 is 0 Å². The van der Waals surface area contributed by atoms with Crippen molar-refractivity contribution < 1.29 is 0 Å². The molecule has 5 rings (SSSR count). The first-order valence-corrected chi connectivity index (χ1v) is 10.7. The van der Waals surface area contributed by atoms with E-state index in [1.54, 1.807) is 0 Å². The third-order valence-electron chi connectivity index (χ3n) is 5.29. The lowest BCUT2D eigenvalue weighted by Crippen LogP contribution is -2.47. The van der Waals surface area contributed by atoms with Gasteiger partial charge in [0.1, 0.15) is 8.80 Å². The van der Waals surface area contributed by atoms with Crippen molar-refractivity contribution in [2.45, 2.75) is 5.54 Å². The Hall–Kier alpha value is -2.90. The van der Waals surface area contributed by atoms with Crippen LogP contribution in [0.1, 0.15) is 16.7 Å². The molecule has 1 aliphatic rings. The molecule has 26 heavy (non-hydrogen) atoms. The number of hydrogen-bond acceptors (Lipinski definition) is 0. The van der Waals surface area contributed by atoms with Crippen molar-refractivity contribution in [3.63, 3.8) is 0 Å². The average Bonchev–Trinajstić information content (AvgIpc) is 3.05. The Balaban J connectivity index is 1.77. The van der Waals surface area contributed by atoms with Crippen LogP contribution in [0.5, 0.6) is 0 Å². The normalized spacial score (nSPS) is 12.8. The van der Waals surface area contributed by atoms with Crippen molar-refractivity contribution in [1.82, 2.24) is 0 Å². The topological polar surface area (TPSA) is 0 Å². The molecular weight excluding hydrogens is 328 g/mol. The summed E-state index contributed by atoms with van der Waals surface area (Å²) in [5.41, 5.74) is 6.22. The van der Waals surface area contributed by atoms with E-state index in [4.69, 9.17) is 0 Å². The lowest BCUT2D eigenvalue weighted by molar-refractivity contribution is 1.17. The molecule has 4 aromatic carbocycles. The van der Waals surface area contributed by atoms with Gasteiger partial charge in [-0.25, -0.2) is 0 Å². The van der Waals surface area contributed by atoms with Gasteiger partial charge < -0.3 is 0 Å². The van der Waals surface area contributed by atoms with Crippen LogP contribution in [0.2, 0.25) is 0 Å². The number of benzene rings is 4. The molecule has 0 fully saturated rings. The highest BCUT2D eigenvalue weighted by atomic mass is 28.3. The molecule has 0 saturated heterocycles. The molecule has 1 radical (unpaired) electrons. The van der Waals surface area contributed by atoms with Crippen LogP contribution in [-0.2, 0) is 0 Å². The maximum atomic E-state index is 2.33. The van der Waals surface area contributed by atoms with Gasteiger partial charge in [-0.05, 0) is 22.3 Å². The zero-order chi connectivity index (χ0) is 17.3. The minimum atomic E-state index is -1.00. The molecule has 4 aromatic rings. The molecular formula is C25H19Si. The first kappa shape index (κ1) is 15.4. The number of fused-ring (bicyclic) bond motifs is 3. The van der Waals surface area contributed by atoms with Crippen molar-refractivity contribution in [1.29, 1.82) is 0 Å². The fourth-order valence-corrected chi connectivity index (χ4v) is 7.43. The van der Waals surface area contributed by atoms with E-state index in [9.17, 15) is 0 Å². The largest absolute Gasteiger partial charge is 0.133 e. The van der Waals surface area contributed by atoms with Crippen molar-refractivity contribution in [3.05, 3.63) is 120 Å². The lowest BCUT2D eigenvalue weighted by atomic mass is 10.1. The van der Waals surface area contributed by atoms with Crippen LogP contribution in [0.25, 0.3) is 11.1 Å². The van der Waals surface area contributed by atoms with Gasteiger partial charge in [-0.3, -0.25) is 0 Å². The van der Waals surface area contributed by atoms with E-state index >= 15 is 0 Å². The van der Waals surface area contributed by atoms with Gasteiger partial charge in [0.2, 0.25) is 0 Å².